The maximum atomic E-state index is 6.45. The summed E-state index contributed by atoms with van der Waals surface area (Å²) in [6.45, 7) is 0. The van der Waals surface area contributed by atoms with Crippen LogP contribution >= 0.6 is 0 Å². The van der Waals surface area contributed by atoms with Crippen molar-refractivity contribution in [2.24, 2.45) is 11.7 Å². The van der Waals surface area contributed by atoms with Crippen LogP contribution in [-0.2, 0) is 0 Å². The lowest BCUT2D eigenvalue weighted by atomic mass is 9.90. The summed E-state index contributed by atoms with van der Waals surface area (Å²) in [6, 6.07) is 12.4. The number of hydrogen-bond donors (Lipinski definition) is 1. The van der Waals surface area contributed by atoms with Crippen LogP contribution < -0.4 is 5.73 Å². The first-order valence-electron chi connectivity index (χ1n) is 7.71. The number of aromatic nitrogens is 2. The van der Waals surface area contributed by atoms with E-state index >= 15 is 0 Å². The SMILES string of the molecule is NC(c1ccn(-c2ccccc2)n1)C1CCCCCC1. The van der Waals surface area contributed by atoms with Gasteiger partial charge in [-0.2, -0.15) is 5.10 Å². The van der Waals surface area contributed by atoms with Crippen LogP contribution in [0.2, 0.25) is 0 Å². The molecular formula is C17H23N3. The molecule has 2 aromatic rings. The third kappa shape index (κ3) is 2.93. The largest absolute Gasteiger partial charge is 0.322 e. The number of benzene rings is 1. The summed E-state index contributed by atoms with van der Waals surface area (Å²) in [5.74, 6) is 0.594. The van der Waals surface area contributed by atoms with E-state index in [0.717, 1.165) is 11.4 Å². The molecule has 0 bridgehead atoms. The smallest absolute Gasteiger partial charge is 0.0799 e. The number of rotatable bonds is 3. The minimum atomic E-state index is 0.0815. The van der Waals surface area contributed by atoms with Gasteiger partial charge in [-0.05, 0) is 37.0 Å². The number of nitrogens with zero attached hydrogens (tertiary/aromatic N) is 2. The van der Waals surface area contributed by atoms with E-state index in [2.05, 4.69) is 23.3 Å². The molecule has 0 saturated heterocycles. The second-order valence-corrected chi connectivity index (χ2v) is 5.80. The zero-order valence-electron chi connectivity index (χ0n) is 11.9. The Kier molecular flexibility index (Phi) is 4.16. The van der Waals surface area contributed by atoms with Crippen LogP contribution in [0.4, 0.5) is 0 Å². The van der Waals surface area contributed by atoms with Crippen LogP contribution in [0, 0.1) is 5.92 Å². The van der Waals surface area contributed by atoms with E-state index in [9.17, 15) is 0 Å². The topological polar surface area (TPSA) is 43.8 Å². The summed E-state index contributed by atoms with van der Waals surface area (Å²) in [5.41, 5.74) is 8.57. The maximum absolute atomic E-state index is 6.45. The lowest BCUT2D eigenvalue weighted by molar-refractivity contribution is 0.375. The van der Waals surface area contributed by atoms with Gasteiger partial charge in [-0.25, -0.2) is 4.68 Å². The molecule has 1 atom stereocenters. The van der Waals surface area contributed by atoms with E-state index in [1.54, 1.807) is 0 Å². The molecular weight excluding hydrogens is 246 g/mol. The van der Waals surface area contributed by atoms with Gasteiger partial charge in [-0.15, -0.1) is 0 Å². The molecule has 1 fully saturated rings. The van der Waals surface area contributed by atoms with Crippen molar-refractivity contribution < 1.29 is 0 Å². The summed E-state index contributed by atoms with van der Waals surface area (Å²) in [6.07, 6.45) is 9.87. The number of para-hydroxylation sites is 1. The van der Waals surface area contributed by atoms with Crippen molar-refractivity contribution in [3.63, 3.8) is 0 Å². The highest BCUT2D eigenvalue weighted by atomic mass is 15.3. The molecule has 1 aromatic heterocycles. The van der Waals surface area contributed by atoms with Gasteiger partial charge in [0.2, 0.25) is 0 Å². The van der Waals surface area contributed by atoms with Gasteiger partial charge < -0.3 is 5.73 Å². The first-order chi connectivity index (χ1) is 9.84. The van der Waals surface area contributed by atoms with Crippen molar-refractivity contribution in [1.29, 1.82) is 0 Å². The van der Waals surface area contributed by atoms with E-state index in [4.69, 9.17) is 5.73 Å². The number of nitrogens with two attached hydrogens (primary N) is 1. The predicted molar refractivity (Wildman–Crippen MR) is 81.7 cm³/mol. The molecule has 106 valence electrons. The van der Waals surface area contributed by atoms with E-state index in [1.165, 1.54) is 38.5 Å². The fourth-order valence-corrected chi connectivity index (χ4v) is 3.15. The molecule has 20 heavy (non-hydrogen) atoms. The monoisotopic (exact) mass is 269 g/mol. The van der Waals surface area contributed by atoms with Gasteiger partial charge in [-0.1, -0.05) is 43.9 Å². The van der Waals surface area contributed by atoms with Crippen molar-refractivity contribution >= 4 is 0 Å². The Morgan fingerprint density at radius 2 is 1.70 bits per heavy atom. The summed E-state index contributed by atoms with van der Waals surface area (Å²) in [5, 5.41) is 4.68. The van der Waals surface area contributed by atoms with Crippen molar-refractivity contribution in [1.82, 2.24) is 9.78 Å². The Bertz CT molecular complexity index is 524. The van der Waals surface area contributed by atoms with Gasteiger partial charge in [0.25, 0.3) is 0 Å². The van der Waals surface area contributed by atoms with Gasteiger partial charge >= 0.3 is 0 Å². The van der Waals surface area contributed by atoms with Gasteiger partial charge in [-0.3, -0.25) is 0 Å². The molecule has 1 unspecified atom stereocenters. The third-order valence-corrected chi connectivity index (χ3v) is 4.38. The standard InChI is InChI=1S/C17H23N3/c18-17(14-8-4-1-2-5-9-14)16-12-13-20(19-16)15-10-6-3-7-11-15/h3,6-7,10-14,17H,1-2,4-5,8-9,18H2. The summed E-state index contributed by atoms with van der Waals surface area (Å²) in [7, 11) is 0. The van der Waals surface area contributed by atoms with Crippen molar-refractivity contribution in [3.8, 4) is 5.69 Å². The average Bonchev–Trinajstić information content (AvgIpc) is 2.83. The van der Waals surface area contributed by atoms with Gasteiger partial charge in [0, 0.05) is 6.20 Å². The van der Waals surface area contributed by atoms with Gasteiger partial charge in [0.05, 0.1) is 17.4 Å². The van der Waals surface area contributed by atoms with Gasteiger partial charge in [0.15, 0.2) is 0 Å². The molecule has 2 N–H and O–H groups in total. The second kappa shape index (κ2) is 6.23. The Balaban J connectivity index is 1.75. The number of hydrogen-bond acceptors (Lipinski definition) is 2. The molecule has 0 aliphatic heterocycles. The molecule has 1 heterocycles. The van der Waals surface area contributed by atoms with E-state index < -0.39 is 0 Å². The van der Waals surface area contributed by atoms with Gasteiger partial charge in [0.1, 0.15) is 0 Å². The zero-order chi connectivity index (χ0) is 13.8. The highest BCUT2D eigenvalue weighted by molar-refractivity contribution is 5.30. The lowest BCUT2D eigenvalue weighted by Crippen LogP contribution is -2.21. The summed E-state index contributed by atoms with van der Waals surface area (Å²) in [4.78, 5) is 0. The first kappa shape index (κ1) is 13.4. The summed E-state index contributed by atoms with van der Waals surface area (Å²) >= 11 is 0. The second-order valence-electron chi connectivity index (χ2n) is 5.80. The van der Waals surface area contributed by atoms with Crippen LogP contribution in [0.1, 0.15) is 50.3 Å². The lowest BCUT2D eigenvalue weighted by Gasteiger charge is -2.20. The fraction of sp³-hybridized carbons (Fsp3) is 0.471. The molecule has 1 aliphatic carbocycles. The van der Waals surface area contributed by atoms with Crippen molar-refractivity contribution in [3.05, 3.63) is 48.3 Å². The van der Waals surface area contributed by atoms with Crippen LogP contribution in [0.3, 0.4) is 0 Å². The van der Waals surface area contributed by atoms with E-state index in [0.29, 0.717) is 5.92 Å². The molecule has 1 saturated carbocycles. The van der Waals surface area contributed by atoms with Crippen LogP contribution in [-0.4, -0.2) is 9.78 Å². The first-order valence-corrected chi connectivity index (χ1v) is 7.71. The van der Waals surface area contributed by atoms with Crippen molar-refractivity contribution in [2.75, 3.05) is 0 Å². The van der Waals surface area contributed by atoms with Crippen molar-refractivity contribution in [2.45, 2.75) is 44.6 Å². The Labute approximate surface area is 120 Å². The Morgan fingerprint density at radius 1 is 1.00 bits per heavy atom. The normalized spacial score (nSPS) is 18.6. The molecule has 3 rings (SSSR count). The fourth-order valence-electron chi connectivity index (χ4n) is 3.15. The zero-order valence-corrected chi connectivity index (χ0v) is 11.9. The van der Waals surface area contributed by atoms with Crippen LogP contribution in [0.25, 0.3) is 5.69 Å². The van der Waals surface area contributed by atoms with E-state index in [1.807, 2.05) is 29.1 Å². The molecule has 0 radical (unpaired) electrons. The minimum Gasteiger partial charge on any atom is -0.322 e. The van der Waals surface area contributed by atoms with Crippen LogP contribution in [0.15, 0.2) is 42.6 Å². The third-order valence-electron chi connectivity index (χ3n) is 4.38. The molecule has 3 nitrogen and oxygen atoms in total. The average molecular weight is 269 g/mol. The highest BCUT2D eigenvalue weighted by Crippen LogP contribution is 2.31. The Hall–Kier alpha value is -1.61. The highest BCUT2D eigenvalue weighted by Gasteiger charge is 2.22. The Morgan fingerprint density at radius 3 is 2.40 bits per heavy atom. The minimum absolute atomic E-state index is 0.0815. The molecule has 1 aromatic carbocycles. The quantitative estimate of drug-likeness (QED) is 0.860. The van der Waals surface area contributed by atoms with Crippen LogP contribution in [0.5, 0.6) is 0 Å². The summed E-state index contributed by atoms with van der Waals surface area (Å²) < 4.78 is 1.92. The maximum Gasteiger partial charge on any atom is 0.0799 e. The molecule has 3 heteroatoms. The predicted octanol–water partition coefficient (Wildman–Crippen LogP) is 3.84. The molecule has 0 amide bonds. The van der Waals surface area contributed by atoms with E-state index in [-0.39, 0.29) is 6.04 Å². The molecule has 0 spiro atoms. The molecule has 1 aliphatic rings.